The van der Waals surface area contributed by atoms with E-state index in [1.165, 1.54) is 0 Å². The van der Waals surface area contributed by atoms with Crippen molar-refractivity contribution < 1.29 is 9.21 Å². The lowest BCUT2D eigenvalue weighted by Crippen LogP contribution is -2.35. The minimum absolute atomic E-state index is 0.120. The van der Waals surface area contributed by atoms with Crippen LogP contribution in [0.2, 0.25) is 0 Å². The first kappa shape index (κ1) is 23.2. The lowest BCUT2D eigenvalue weighted by Gasteiger charge is -2.31. The summed E-state index contributed by atoms with van der Waals surface area (Å²) in [5.74, 6) is 3.07. The highest BCUT2D eigenvalue weighted by atomic mass is 32.2. The van der Waals surface area contributed by atoms with Crippen LogP contribution in [0, 0.1) is 5.92 Å². The van der Waals surface area contributed by atoms with Crippen LogP contribution in [0.4, 0.5) is 11.6 Å². The molecule has 1 aliphatic heterocycles. The summed E-state index contributed by atoms with van der Waals surface area (Å²) in [5, 5.41) is 12.9. The van der Waals surface area contributed by atoms with Gasteiger partial charge in [0.25, 0.3) is 5.91 Å². The maximum absolute atomic E-state index is 12.7. The standard InChI is InChI=1S/C27H29N5O2S/c1-20-12-14-31(15-13-20)26-29-30-27(32(26)18-24-11-6-16-34-24)35-19-21-7-5-8-22(17-21)25(33)28-23-9-3-2-4-10-23/h2-11,16-17,20H,12-15,18-19H2,1H3,(H,28,33). The fourth-order valence-corrected chi connectivity index (χ4v) is 5.08. The molecule has 1 aliphatic rings. The Labute approximate surface area is 209 Å². The van der Waals surface area contributed by atoms with E-state index in [1.54, 1.807) is 18.0 Å². The second-order valence-corrected chi connectivity index (χ2v) is 9.87. The van der Waals surface area contributed by atoms with Crippen LogP contribution in [0.15, 0.2) is 82.6 Å². The molecule has 0 unspecified atom stereocenters. The Morgan fingerprint density at radius 1 is 1.06 bits per heavy atom. The quantitative estimate of drug-likeness (QED) is 0.321. The molecule has 5 rings (SSSR count). The van der Waals surface area contributed by atoms with Crippen LogP contribution in [-0.4, -0.2) is 33.8 Å². The Hall–Kier alpha value is -3.52. The second-order valence-electron chi connectivity index (χ2n) is 8.93. The molecule has 0 spiro atoms. The number of furan rings is 1. The van der Waals surface area contributed by atoms with E-state index in [2.05, 4.69) is 31.9 Å². The summed E-state index contributed by atoms with van der Waals surface area (Å²) in [7, 11) is 0. The summed E-state index contributed by atoms with van der Waals surface area (Å²) >= 11 is 1.62. The van der Waals surface area contributed by atoms with Gasteiger partial charge in [0.1, 0.15) is 5.76 Å². The molecule has 3 heterocycles. The molecule has 1 amide bonds. The Bertz CT molecular complexity index is 1250. The van der Waals surface area contributed by atoms with Gasteiger partial charge < -0.3 is 14.6 Å². The molecule has 35 heavy (non-hydrogen) atoms. The predicted octanol–water partition coefficient (Wildman–Crippen LogP) is 5.70. The predicted molar refractivity (Wildman–Crippen MR) is 139 cm³/mol. The Morgan fingerprint density at radius 3 is 2.66 bits per heavy atom. The van der Waals surface area contributed by atoms with Crippen molar-refractivity contribution in [3.8, 4) is 0 Å². The molecule has 1 saturated heterocycles. The van der Waals surface area contributed by atoms with Crippen LogP contribution in [0.1, 0.15) is 41.4 Å². The number of piperidine rings is 1. The molecule has 0 radical (unpaired) electrons. The van der Waals surface area contributed by atoms with Gasteiger partial charge in [-0.2, -0.15) is 0 Å². The van der Waals surface area contributed by atoms with E-state index in [1.807, 2.05) is 66.7 Å². The highest BCUT2D eigenvalue weighted by Crippen LogP contribution is 2.29. The number of aromatic nitrogens is 3. The average Bonchev–Trinajstić information content (AvgIpc) is 3.55. The van der Waals surface area contributed by atoms with E-state index < -0.39 is 0 Å². The molecule has 1 fully saturated rings. The SMILES string of the molecule is CC1CCN(c2nnc(SCc3cccc(C(=O)Nc4ccccc4)c3)n2Cc2ccco2)CC1. The molecule has 1 N–H and O–H groups in total. The zero-order chi connectivity index (χ0) is 24.0. The molecule has 0 aliphatic carbocycles. The topological polar surface area (TPSA) is 76.2 Å². The molecule has 2 aromatic carbocycles. The van der Waals surface area contributed by atoms with E-state index >= 15 is 0 Å². The van der Waals surface area contributed by atoms with Gasteiger partial charge in [-0.05, 0) is 60.7 Å². The van der Waals surface area contributed by atoms with Crippen molar-refractivity contribution in [3.63, 3.8) is 0 Å². The lowest BCUT2D eigenvalue weighted by molar-refractivity contribution is 0.102. The number of hydrogen-bond acceptors (Lipinski definition) is 6. The fraction of sp³-hybridized carbons (Fsp3) is 0.296. The minimum Gasteiger partial charge on any atom is -0.467 e. The van der Waals surface area contributed by atoms with Crippen LogP contribution in [0.5, 0.6) is 0 Å². The maximum Gasteiger partial charge on any atom is 0.255 e. The highest BCUT2D eigenvalue weighted by Gasteiger charge is 2.23. The number of carbonyl (C=O) groups excluding carboxylic acids is 1. The second kappa shape index (κ2) is 10.8. The molecule has 4 aromatic rings. The van der Waals surface area contributed by atoms with E-state index in [9.17, 15) is 4.79 Å². The number of anilines is 2. The highest BCUT2D eigenvalue weighted by molar-refractivity contribution is 7.98. The summed E-state index contributed by atoms with van der Waals surface area (Å²) < 4.78 is 7.77. The Balaban J connectivity index is 1.31. The van der Waals surface area contributed by atoms with E-state index in [0.717, 1.165) is 60.0 Å². The lowest BCUT2D eigenvalue weighted by atomic mass is 10.00. The number of nitrogens with one attached hydrogen (secondary N) is 1. The van der Waals surface area contributed by atoms with Gasteiger partial charge in [0, 0.05) is 30.1 Å². The van der Waals surface area contributed by atoms with Crippen molar-refractivity contribution in [2.24, 2.45) is 5.92 Å². The van der Waals surface area contributed by atoms with Crippen LogP contribution in [-0.2, 0) is 12.3 Å². The van der Waals surface area contributed by atoms with Crippen LogP contribution < -0.4 is 10.2 Å². The monoisotopic (exact) mass is 487 g/mol. The smallest absolute Gasteiger partial charge is 0.255 e. The minimum atomic E-state index is -0.120. The van der Waals surface area contributed by atoms with Gasteiger partial charge >= 0.3 is 0 Å². The number of para-hydroxylation sites is 1. The third-order valence-electron chi connectivity index (χ3n) is 6.25. The van der Waals surface area contributed by atoms with E-state index in [0.29, 0.717) is 17.9 Å². The summed E-state index contributed by atoms with van der Waals surface area (Å²) in [6.07, 6.45) is 4.02. The number of thioether (sulfide) groups is 1. The van der Waals surface area contributed by atoms with Gasteiger partial charge in [-0.15, -0.1) is 10.2 Å². The molecule has 0 bridgehead atoms. The van der Waals surface area contributed by atoms with Crippen molar-refractivity contribution in [1.82, 2.24) is 14.8 Å². The third-order valence-corrected chi connectivity index (χ3v) is 7.28. The van der Waals surface area contributed by atoms with E-state index in [4.69, 9.17) is 4.42 Å². The zero-order valence-corrected chi connectivity index (χ0v) is 20.6. The van der Waals surface area contributed by atoms with Gasteiger partial charge in [-0.3, -0.25) is 9.36 Å². The molecule has 0 atom stereocenters. The van der Waals surface area contributed by atoms with Crippen molar-refractivity contribution in [1.29, 1.82) is 0 Å². The molecule has 8 heteroatoms. The number of benzene rings is 2. The van der Waals surface area contributed by atoms with Crippen LogP contribution in [0.25, 0.3) is 0 Å². The molecule has 180 valence electrons. The molecular weight excluding hydrogens is 458 g/mol. The first-order valence-corrected chi connectivity index (χ1v) is 12.9. The van der Waals surface area contributed by atoms with E-state index in [-0.39, 0.29) is 5.91 Å². The summed E-state index contributed by atoms with van der Waals surface area (Å²) in [4.78, 5) is 15.0. The van der Waals surface area contributed by atoms with Gasteiger partial charge in [-0.25, -0.2) is 0 Å². The normalized spacial score (nSPS) is 14.3. The number of rotatable bonds is 8. The third kappa shape index (κ3) is 5.77. The first-order valence-electron chi connectivity index (χ1n) is 11.9. The van der Waals surface area contributed by atoms with Crippen molar-refractivity contribution in [3.05, 3.63) is 89.9 Å². The molecular formula is C27H29N5O2S. The van der Waals surface area contributed by atoms with Gasteiger partial charge in [-0.1, -0.05) is 49.0 Å². The average molecular weight is 488 g/mol. The van der Waals surface area contributed by atoms with Gasteiger partial charge in [0.05, 0.1) is 12.8 Å². The van der Waals surface area contributed by atoms with Crippen LogP contribution >= 0.6 is 11.8 Å². The fourth-order valence-electron chi connectivity index (χ4n) is 4.20. The largest absolute Gasteiger partial charge is 0.467 e. The number of hydrogen-bond donors (Lipinski definition) is 1. The van der Waals surface area contributed by atoms with Crippen molar-refractivity contribution >= 4 is 29.3 Å². The van der Waals surface area contributed by atoms with Gasteiger partial charge in [0.2, 0.25) is 5.95 Å². The number of amides is 1. The Morgan fingerprint density at radius 2 is 1.89 bits per heavy atom. The first-order chi connectivity index (χ1) is 17.2. The summed E-state index contributed by atoms with van der Waals surface area (Å²) in [6, 6.07) is 21.1. The molecule has 2 aromatic heterocycles. The summed E-state index contributed by atoms with van der Waals surface area (Å²) in [6.45, 7) is 4.87. The maximum atomic E-state index is 12.7. The van der Waals surface area contributed by atoms with Crippen molar-refractivity contribution in [2.45, 2.75) is 37.2 Å². The number of nitrogens with zero attached hydrogens (tertiary/aromatic N) is 4. The van der Waals surface area contributed by atoms with Crippen LogP contribution in [0.3, 0.4) is 0 Å². The Kier molecular flexibility index (Phi) is 7.18. The van der Waals surface area contributed by atoms with Gasteiger partial charge in [0.15, 0.2) is 5.16 Å². The number of carbonyl (C=O) groups is 1. The zero-order valence-electron chi connectivity index (χ0n) is 19.8. The molecule has 7 nitrogen and oxygen atoms in total. The molecule has 0 saturated carbocycles. The summed E-state index contributed by atoms with van der Waals surface area (Å²) in [5.41, 5.74) is 2.46. The van der Waals surface area contributed by atoms with Crippen molar-refractivity contribution in [2.75, 3.05) is 23.3 Å².